The van der Waals surface area contributed by atoms with Gasteiger partial charge in [-0.15, -0.1) is 10.2 Å². The van der Waals surface area contributed by atoms with Crippen molar-refractivity contribution in [2.75, 3.05) is 25.3 Å². The molecule has 0 spiro atoms. The number of nitrogens with zero attached hydrogens (tertiary/aromatic N) is 3. The van der Waals surface area contributed by atoms with Crippen molar-refractivity contribution in [3.05, 3.63) is 57.6 Å². The Morgan fingerprint density at radius 1 is 1.00 bits per heavy atom. The minimum atomic E-state index is -0.653. The van der Waals surface area contributed by atoms with E-state index < -0.39 is 11.9 Å². The van der Waals surface area contributed by atoms with E-state index in [1.807, 2.05) is 11.5 Å². The summed E-state index contributed by atoms with van der Waals surface area (Å²) >= 11 is 13.5. The molecule has 0 aliphatic rings. The van der Waals surface area contributed by atoms with Crippen molar-refractivity contribution >= 4 is 58.5 Å². The average Bonchev–Trinajstić information content (AvgIpc) is 3.23. The molecule has 0 unspecified atom stereocenters. The molecule has 0 fully saturated rings. The maximum atomic E-state index is 12.6. The maximum absolute atomic E-state index is 12.6. The second-order valence-electron chi connectivity index (χ2n) is 6.79. The number of esters is 2. The van der Waals surface area contributed by atoms with Gasteiger partial charge in [0.15, 0.2) is 11.0 Å². The van der Waals surface area contributed by atoms with Crippen LogP contribution in [0.4, 0.5) is 5.69 Å². The SMILES string of the molecule is CCn1c(SCC(=O)Nc2cc(C(=O)OC)cc(C(=O)OC)c2)nnc1-c1ccc(Cl)cc1Cl. The van der Waals surface area contributed by atoms with Gasteiger partial charge in [-0.2, -0.15) is 0 Å². The Labute approximate surface area is 209 Å². The molecule has 0 aliphatic carbocycles. The van der Waals surface area contributed by atoms with Gasteiger partial charge in [0.1, 0.15) is 0 Å². The zero-order chi connectivity index (χ0) is 24.8. The third-order valence-corrected chi connectivity index (χ3v) is 6.11. The number of halogens is 2. The van der Waals surface area contributed by atoms with E-state index in [4.69, 9.17) is 32.7 Å². The lowest BCUT2D eigenvalue weighted by Gasteiger charge is -2.10. The van der Waals surface area contributed by atoms with Crippen LogP contribution in [0.5, 0.6) is 0 Å². The van der Waals surface area contributed by atoms with Crippen molar-refractivity contribution in [2.45, 2.75) is 18.6 Å². The molecule has 1 heterocycles. The number of carbonyl (C=O) groups excluding carboxylic acids is 3. The van der Waals surface area contributed by atoms with Crippen LogP contribution < -0.4 is 5.32 Å². The Hall–Kier alpha value is -3.08. The molecule has 0 bridgehead atoms. The highest BCUT2D eigenvalue weighted by Crippen LogP contribution is 2.31. The third-order valence-electron chi connectivity index (χ3n) is 4.60. The first-order valence-corrected chi connectivity index (χ1v) is 11.6. The zero-order valence-corrected chi connectivity index (χ0v) is 20.8. The van der Waals surface area contributed by atoms with Gasteiger partial charge in [0, 0.05) is 22.8 Å². The predicted molar refractivity (Wildman–Crippen MR) is 130 cm³/mol. The van der Waals surface area contributed by atoms with Crippen molar-refractivity contribution in [1.82, 2.24) is 14.8 Å². The molecule has 3 aromatic rings. The number of amides is 1. The summed E-state index contributed by atoms with van der Waals surface area (Å²) in [5.74, 6) is -1.12. The number of thioether (sulfide) groups is 1. The van der Waals surface area contributed by atoms with Crippen molar-refractivity contribution in [3.8, 4) is 11.4 Å². The van der Waals surface area contributed by atoms with Crippen LogP contribution in [0.2, 0.25) is 10.0 Å². The average molecular weight is 523 g/mol. The minimum Gasteiger partial charge on any atom is -0.465 e. The monoisotopic (exact) mass is 522 g/mol. The fourth-order valence-corrected chi connectivity index (χ4v) is 4.34. The van der Waals surface area contributed by atoms with E-state index in [0.29, 0.717) is 33.1 Å². The molecule has 0 saturated carbocycles. The molecule has 0 radical (unpaired) electrons. The molecular formula is C22H20Cl2N4O5S. The minimum absolute atomic E-state index is 0.00247. The number of ether oxygens (including phenoxy) is 2. The van der Waals surface area contributed by atoms with Crippen molar-refractivity contribution in [2.24, 2.45) is 0 Å². The fraction of sp³-hybridized carbons (Fsp3) is 0.227. The number of hydrogen-bond acceptors (Lipinski definition) is 8. The molecule has 0 aliphatic heterocycles. The number of nitrogens with one attached hydrogen (secondary N) is 1. The quantitative estimate of drug-likeness (QED) is 0.338. The molecule has 9 nitrogen and oxygen atoms in total. The summed E-state index contributed by atoms with van der Waals surface area (Å²) in [5.41, 5.74) is 1.12. The van der Waals surface area contributed by atoms with E-state index in [0.717, 1.165) is 0 Å². The smallest absolute Gasteiger partial charge is 0.337 e. The van der Waals surface area contributed by atoms with E-state index in [1.165, 1.54) is 44.2 Å². The number of aromatic nitrogens is 3. The fourth-order valence-electron chi connectivity index (χ4n) is 3.05. The van der Waals surface area contributed by atoms with Gasteiger partial charge in [-0.05, 0) is 43.3 Å². The molecule has 34 heavy (non-hydrogen) atoms. The number of hydrogen-bond donors (Lipinski definition) is 1. The van der Waals surface area contributed by atoms with Gasteiger partial charge >= 0.3 is 11.9 Å². The lowest BCUT2D eigenvalue weighted by atomic mass is 10.1. The van der Waals surface area contributed by atoms with Crippen LogP contribution in [0, 0.1) is 0 Å². The molecule has 1 aromatic heterocycles. The predicted octanol–water partition coefficient (Wildman–Crippen LogP) is 4.58. The molecular weight excluding hydrogens is 503 g/mol. The van der Waals surface area contributed by atoms with Gasteiger partial charge in [-0.25, -0.2) is 9.59 Å². The maximum Gasteiger partial charge on any atom is 0.337 e. The third kappa shape index (κ3) is 5.88. The largest absolute Gasteiger partial charge is 0.465 e. The lowest BCUT2D eigenvalue weighted by Crippen LogP contribution is -2.16. The standard InChI is InChI=1S/C22H20Cl2N4O5S/c1-4-28-19(16-6-5-14(23)10-17(16)24)26-27-22(28)34-11-18(29)25-15-8-12(20(30)32-2)7-13(9-15)21(31)33-3/h5-10H,4,11H2,1-3H3,(H,25,29). The first-order valence-electron chi connectivity index (χ1n) is 9.90. The molecule has 3 rings (SSSR count). The first kappa shape index (κ1) is 25.5. The number of methoxy groups -OCH3 is 2. The Kier molecular flexibility index (Phi) is 8.54. The Balaban J connectivity index is 1.76. The van der Waals surface area contributed by atoms with E-state index in [1.54, 1.807) is 18.2 Å². The lowest BCUT2D eigenvalue weighted by molar-refractivity contribution is -0.113. The second kappa shape index (κ2) is 11.4. The van der Waals surface area contributed by atoms with E-state index in [2.05, 4.69) is 15.5 Å². The number of rotatable bonds is 8. The molecule has 2 aromatic carbocycles. The molecule has 178 valence electrons. The van der Waals surface area contributed by atoms with Gasteiger partial charge < -0.3 is 19.4 Å². The summed E-state index contributed by atoms with van der Waals surface area (Å²) < 4.78 is 11.2. The van der Waals surface area contributed by atoms with Crippen LogP contribution >= 0.6 is 35.0 Å². The van der Waals surface area contributed by atoms with Crippen molar-refractivity contribution in [1.29, 1.82) is 0 Å². The topological polar surface area (TPSA) is 112 Å². The molecule has 1 N–H and O–H groups in total. The summed E-state index contributed by atoms with van der Waals surface area (Å²) in [6, 6.07) is 9.25. The molecule has 12 heteroatoms. The van der Waals surface area contributed by atoms with Gasteiger partial charge in [-0.1, -0.05) is 35.0 Å². The Bertz CT molecular complexity index is 1210. The van der Waals surface area contributed by atoms with E-state index in [9.17, 15) is 14.4 Å². The number of benzene rings is 2. The van der Waals surface area contributed by atoms with Gasteiger partial charge in [-0.3, -0.25) is 4.79 Å². The normalized spacial score (nSPS) is 10.6. The Morgan fingerprint density at radius 2 is 1.65 bits per heavy atom. The summed E-state index contributed by atoms with van der Waals surface area (Å²) in [6.45, 7) is 2.47. The summed E-state index contributed by atoms with van der Waals surface area (Å²) in [6.07, 6.45) is 0. The summed E-state index contributed by atoms with van der Waals surface area (Å²) in [5, 5.41) is 12.6. The summed E-state index contributed by atoms with van der Waals surface area (Å²) in [7, 11) is 2.44. The molecule has 0 saturated heterocycles. The summed E-state index contributed by atoms with van der Waals surface area (Å²) in [4.78, 5) is 36.5. The highest BCUT2D eigenvalue weighted by atomic mass is 35.5. The van der Waals surface area contributed by atoms with Crippen LogP contribution in [-0.4, -0.2) is 52.6 Å². The first-order chi connectivity index (χ1) is 16.3. The highest BCUT2D eigenvalue weighted by Gasteiger charge is 2.18. The van der Waals surface area contributed by atoms with Crippen molar-refractivity contribution in [3.63, 3.8) is 0 Å². The van der Waals surface area contributed by atoms with Gasteiger partial charge in [0.25, 0.3) is 0 Å². The molecule has 1 amide bonds. The van der Waals surface area contributed by atoms with Crippen LogP contribution in [0.15, 0.2) is 41.6 Å². The van der Waals surface area contributed by atoms with Gasteiger partial charge in [0.2, 0.25) is 5.91 Å². The van der Waals surface area contributed by atoms with Crippen LogP contribution in [0.1, 0.15) is 27.6 Å². The van der Waals surface area contributed by atoms with Crippen LogP contribution in [-0.2, 0) is 20.8 Å². The zero-order valence-electron chi connectivity index (χ0n) is 18.4. The van der Waals surface area contributed by atoms with E-state index in [-0.39, 0.29) is 28.5 Å². The number of carbonyl (C=O) groups is 3. The highest BCUT2D eigenvalue weighted by molar-refractivity contribution is 7.99. The van der Waals surface area contributed by atoms with Gasteiger partial charge in [0.05, 0.1) is 36.1 Å². The molecule has 0 atom stereocenters. The Morgan fingerprint density at radius 3 is 2.21 bits per heavy atom. The van der Waals surface area contributed by atoms with E-state index >= 15 is 0 Å². The van der Waals surface area contributed by atoms with Crippen LogP contribution in [0.25, 0.3) is 11.4 Å². The van der Waals surface area contributed by atoms with Crippen LogP contribution in [0.3, 0.4) is 0 Å². The van der Waals surface area contributed by atoms with Crippen molar-refractivity contribution < 1.29 is 23.9 Å². The second-order valence-corrected chi connectivity index (χ2v) is 8.58. The number of anilines is 1.